The normalized spacial score (nSPS) is 11.2. The third kappa shape index (κ3) is 4.56. The van der Waals surface area contributed by atoms with Crippen molar-refractivity contribution in [3.63, 3.8) is 0 Å². The van der Waals surface area contributed by atoms with Crippen molar-refractivity contribution in [3.8, 4) is 11.5 Å². The van der Waals surface area contributed by atoms with Gasteiger partial charge in [0, 0.05) is 29.1 Å². The highest BCUT2D eigenvalue weighted by atomic mass is 79.9. The summed E-state index contributed by atoms with van der Waals surface area (Å²) in [6.07, 6.45) is 0. The van der Waals surface area contributed by atoms with Gasteiger partial charge in [-0.25, -0.2) is 0 Å². The van der Waals surface area contributed by atoms with Crippen LogP contribution in [0.15, 0.2) is 16.6 Å². The van der Waals surface area contributed by atoms with Crippen LogP contribution in [0, 0.1) is 5.92 Å². The second-order valence-electron chi connectivity index (χ2n) is 3.81. The van der Waals surface area contributed by atoms with Crippen molar-refractivity contribution in [2.45, 2.75) is 6.92 Å². The van der Waals surface area contributed by atoms with Crippen molar-refractivity contribution >= 4 is 39.9 Å². The molecule has 0 aliphatic rings. The van der Waals surface area contributed by atoms with Crippen LogP contribution in [0.4, 0.5) is 5.69 Å². The summed E-state index contributed by atoms with van der Waals surface area (Å²) in [5.41, 5.74) is 6.07. The smallest absolute Gasteiger partial charge is 0.228 e. The lowest BCUT2D eigenvalue weighted by atomic mass is 10.1. The van der Waals surface area contributed by atoms with Crippen molar-refractivity contribution in [3.05, 3.63) is 16.6 Å². The third-order valence-electron chi connectivity index (χ3n) is 2.53. The molecular formula is C12H18BrClN2O3. The molecule has 1 amide bonds. The van der Waals surface area contributed by atoms with Gasteiger partial charge in [0.15, 0.2) is 11.5 Å². The van der Waals surface area contributed by atoms with Crippen molar-refractivity contribution in [2.24, 2.45) is 11.7 Å². The fourth-order valence-corrected chi connectivity index (χ4v) is 1.73. The Hall–Kier alpha value is -0.980. The molecule has 0 heterocycles. The summed E-state index contributed by atoms with van der Waals surface area (Å²) < 4.78 is 11.1. The minimum atomic E-state index is -0.245. The summed E-state index contributed by atoms with van der Waals surface area (Å²) in [4.78, 5) is 11.8. The molecule has 1 rings (SSSR count). The number of hydrogen-bond donors (Lipinski definition) is 2. The number of nitrogens with one attached hydrogen (secondary N) is 1. The maximum atomic E-state index is 11.8. The SMILES string of the molecule is COc1cc(Br)c(NC(=O)C(C)CN)cc1OC.Cl. The Morgan fingerprint density at radius 1 is 1.37 bits per heavy atom. The molecule has 0 aliphatic heterocycles. The lowest BCUT2D eigenvalue weighted by molar-refractivity contribution is -0.119. The molecule has 0 bridgehead atoms. The molecular weight excluding hydrogens is 336 g/mol. The van der Waals surface area contributed by atoms with Crippen LogP contribution in [-0.4, -0.2) is 26.7 Å². The average Bonchev–Trinajstić information content (AvgIpc) is 2.39. The Kier molecular flexibility index (Phi) is 7.82. The van der Waals surface area contributed by atoms with Gasteiger partial charge in [-0.1, -0.05) is 6.92 Å². The van der Waals surface area contributed by atoms with E-state index in [-0.39, 0.29) is 24.2 Å². The highest BCUT2D eigenvalue weighted by Gasteiger charge is 2.15. The lowest BCUT2D eigenvalue weighted by Crippen LogP contribution is -2.26. The molecule has 1 aromatic rings. The van der Waals surface area contributed by atoms with Gasteiger partial charge >= 0.3 is 0 Å². The molecule has 0 aliphatic carbocycles. The minimum Gasteiger partial charge on any atom is -0.493 e. The molecule has 108 valence electrons. The molecule has 0 saturated heterocycles. The van der Waals surface area contributed by atoms with Crippen LogP contribution >= 0.6 is 28.3 Å². The van der Waals surface area contributed by atoms with E-state index in [0.717, 1.165) is 4.47 Å². The van der Waals surface area contributed by atoms with Gasteiger partial charge in [-0.3, -0.25) is 4.79 Å². The number of hydrogen-bond acceptors (Lipinski definition) is 4. The molecule has 1 aromatic carbocycles. The summed E-state index contributed by atoms with van der Waals surface area (Å²) in [7, 11) is 3.10. The van der Waals surface area contributed by atoms with Gasteiger partial charge in [0.05, 0.1) is 19.9 Å². The van der Waals surface area contributed by atoms with Crippen molar-refractivity contribution in [2.75, 3.05) is 26.1 Å². The molecule has 0 saturated carbocycles. The van der Waals surface area contributed by atoms with Crippen LogP contribution in [-0.2, 0) is 4.79 Å². The van der Waals surface area contributed by atoms with Gasteiger partial charge in [0.1, 0.15) is 0 Å². The topological polar surface area (TPSA) is 73.6 Å². The summed E-state index contributed by atoms with van der Waals surface area (Å²) in [5, 5.41) is 2.79. The van der Waals surface area contributed by atoms with Crippen LogP contribution in [0.25, 0.3) is 0 Å². The van der Waals surface area contributed by atoms with Gasteiger partial charge < -0.3 is 20.5 Å². The van der Waals surface area contributed by atoms with E-state index in [0.29, 0.717) is 23.7 Å². The first-order chi connectivity index (χ1) is 8.53. The zero-order chi connectivity index (χ0) is 13.7. The van der Waals surface area contributed by atoms with Crippen molar-refractivity contribution in [1.29, 1.82) is 0 Å². The predicted molar refractivity (Wildman–Crippen MR) is 81.3 cm³/mol. The maximum absolute atomic E-state index is 11.8. The van der Waals surface area contributed by atoms with Crippen LogP contribution in [0.1, 0.15) is 6.92 Å². The van der Waals surface area contributed by atoms with Gasteiger partial charge in [-0.15, -0.1) is 12.4 Å². The van der Waals surface area contributed by atoms with E-state index >= 15 is 0 Å². The standard InChI is InChI=1S/C12H17BrN2O3.ClH/c1-7(6-14)12(16)15-9-5-11(18-3)10(17-2)4-8(9)13;/h4-5,7H,6,14H2,1-3H3,(H,15,16);1H. The lowest BCUT2D eigenvalue weighted by Gasteiger charge is -2.14. The maximum Gasteiger partial charge on any atom is 0.228 e. The Bertz CT molecular complexity index is 443. The molecule has 0 radical (unpaired) electrons. The van der Waals surface area contributed by atoms with Gasteiger partial charge in [-0.2, -0.15) is 0 Å². The first kappa shape index (κ1) is 18.0. The fraction of sp³-hybridized carbons (Fsp3) is 0.417. The van der Waals surface area contributed by atoms with E-state index in [1.807, 2.05) is 0 Å². The number of amides is 1. The first-order valence-electron chi connectivity index (χ1n) is 5.46. The first-order valence-corrected chi connectivity index (χ1v) is 6.25. The van der Waals surface area contributed by atoms with Gasteiger partial charge in [-0.05, 0) is 15.9 Å². The van der Waals surface area contributed by atoms with E-state index < -0.39 is 0 Å². The molecule has 7 heteroatoms. The predicted octanol–water partition coefficient (Wildman–Crippen LogP) is 2.42. The van der Waals surface area contributed by atoms with E-state index in [1.165, 1.54) is 0 Å². The van der Waals surface area contributed by atoms with E-state index in [2.05, 4.69) is 21.2 Å². The number of rotatable bonds is 5. The Balaban J connectivity index is 0.00000324. The second-order valence-corrected chi connectivity index (χ2v) is 4.67. The molecule has 0 fully saturated rings. The number of halogens is 2. The number of benzene rings is 1. The monoisotopic (exact) mass is 352 g/mol. The Morgan fingerprint density at radius 2 is 1.89 bits per heavy atom. The van der Waals surface area contributed by atoms with Crippen LogP contribution < -0.4 is 20.5 Å². The van der Waals surface area contributed by atoms with Crippen LogP contribution in [0.5, 0.6) is 11.5 Å². The number of methoxy groups -OCH3 is 2. The molecule has 1 atom stereocenters. The summed E-state index contributed by atoms with van der Waals surface area (Å²) in [6, 6.07) is 3.44. The van der Waals surface area contributed by atoms with Gasteiger partial charge in [0.25, 0.3) is 0 Å². The zero-order valence-electron chi connectivity index (χ0n) is 11.0. The Morgan fingerprint density at radius 3 is 2.37 bits per heavy atom. The van der Waals surface area contributed by atoms with E-state index in [1.54, 1.807) is 33.3 Å². The fourth-order valence-electron chi connectivity index (χ4n) is 1.31. The minimum absolute atomic E-state index is 0. The van der Waals surface area contributed by atoms with Gasteiger partial charge in [0.2, 0.25) is 5.91 Å². The molecule has 19 heavy (non-hydrogen) atoms. The third-order valence-corrected chi connectivity index (χ3v) is 3.19. The van der Waals surface area contributed by atoms with Crippen molar-refractivity contribution < 1.29 is 14.3 Å². The quantitative estimate of drug-likeness (QED) is 0.852. The molecule has 3 N–H and O–H groups in total. The average molecular weight is 354 g/mol. The van der Waals surface area contributed by atoms with Crippen LogP contribution in [0.3, 0.4) is 0 Å². The molecule has 1 unspecified atom stereocenters. The summed E-state index contributed by atoms with van der Waals surface area (Å²) in [6.45, 7) is 2.07. The molecule has 0 spiro atoms. The Labute approximate surface area is 127 Å². The van der Waals surface area contributed by atoms with Crippen LogP contribution in [0.2, 0.25) is 0 Å². The summed E-state index contributed by atoms with van der Waals surface area (Å²) in [5.74, 6) is 0.765. The largest absolute Gasteiger partial charge is 0.493 e. The van der Waals surface area contributed by atoms with E-state index in [4.69, 9.17) is 15.2 Å². The number of anilines is 1. The molecule has 0 aromatic heterocycles. The van der Waals surface area contributed by atoms with Crippen molar-refractivity contribution in [1.82, 2.24) is 0 Å². The summed E-state index contributed by atoms with van der Waals surface area (Å²) >= 11 is 3.37. The molecule has 5 nitrogen and oxygen atoms in total. The number of ether oxygens (including phenoxy) is 2. The highest BCUT2D eigenvalue weighted by molar-refractivity contribution is 9.10. The van der Waals surface area contributed by atoms with E-state index in [9.17, 15) is 4.79 Å². The zero-order valence-corrected chi connectivity index (χ0v) is 13.4. The highest BCUT2D eigenvalue weighted by Crippen LogP contribution is 2.36. The second kappa shape index (κ2) is 8.24. The number of carbonyl (C=O) groups is 1. The number of carbonyl (C=O) groups excluding carboxylic acids is 1. The number of nitrogens with two attached hydrogens (primary N) is 1.